The van der Waals surface area contributed by atoms with Crippen molar-refractivity contribution in [2.45, 2.75) is 14.7 Å². The quantitative estimate of drug-likeness (QED) is 0.236. The smallest absolute Gasteiger partial charge is 0.335 e. The molecular formula is C25H14Cl6O3S. The van der Waals surface area contributed by atoms with E-state index >= 15 is 0 Å². The first-order valence-electron chi connectivity index (χ1n) is 9.68. The third-order valence-electron chi connectivity index (χ3n) is 4.43. The minimum absolute atomic E-state index is 0.178. The minimum Gasteiger partial charge on any atom is -0.872 e. The van der Waals surface area contributed by atoms with Gasteiger partial charge in [0.2, 0.25) is 9.79 Å². The first kappa shape index (κ1) is 27.8. The second-order valence-corrected chi connectivity index (χ2v) is 11.2. The summed E-state index contributed by atoms with van der Waals surface area (Å²) >= 11 is 38.1. The largest absolute Gasteiger partial charge is 0.872 e. The van der Waals surface area contributed by atoms with Crippen LogP contribution in [-0.4, -0.2) is 11.1 Å². The highest BCUT2D eigenvalue weighted by Crippen LogP contribution is 2.46. The predicted octanol–water partition coefficient (Wildman–Crippen LogP) is 9.16. The summed E-state index contributed by atoms with van der Waals surface area (Å²) in [6, 6.07) is 21.9. The van der Waals surface area contributed by atoms with Crippen LogP contribution in [0.5, 0.6) is 5.75 Å². The molecule has 3 nitrogen and oxygen atoms in total. The summed E-state index contributed by atoms with van der Waals surface area (Å²) in [5.41, 5.74) is -0.178. The highest BCUT2D eigenvalue weighted by molar-refractivity contribution is 7.97. The van der Waals surface area contributed by atoms with Crippen molar-refractivity contribution in [1.29, 1.82) is 0 Å². The lowest BCUT2D eigenvalue weighted by atomic mass is 10.2. The Labute approximate surface area is 235 Å². The number of halogens is 6. The van der Waals surface area contributed by atoms with Gasteiger partial charge in [0.15, 0.2) is 4.90 Å². The average molecular weight is 607 g/mol. The molecule has 0 atom stereocenters. The van der Waals surface area contributed by atoms with Gasteiger partial charge in [-0.3, -0.25) is 0 Å². The third-order valence-corrected chi connectivity index (χ3v) is 8.95. The maximum Gasteiger partial charge on any atom is 0.335 e. The standard InChI is InChI=1S/C18H9Cl6S.C7H6O3/c19-10-6-13(21)17(14(22)7-10)25(12-4-2-1-3-5-12)18-15(23)8-11(20)9-16(18)24;8-6-4-2-1-3-5(6)7(9)10/h1-9H;1-4,8H,(H,9,10)/q+1;/p-1. The van der Waals surface area contributed by atoms with Crippen LogP contribution in [0.1, 0.15) is 10.4 Å². The Bertz CT molecular complexity index is 1260. The third kappa shape index (κ3) is 6.93. The molecule has 180 valence electrons. The molecule has 4 aromatic carbocycles. The summed E-state index contributed by atoms with van der Waals surface area (Å²) < 4.78 is 0. The molecular weight excluding hydrogens is 593 g/mol. The molecule has 0 heterocycles. The van der Waals surface area contributed by atoms with E-state index in [0.29, 0.717) is 39.9 Å². The van der Waals surface area contributed by atoms with E-state index in [4.69, 9.17) is 74.7 Å². The summed E-state index contributed by atoms with van der Waals surface area (Å²) in [4.78, 5) is 12.6. The van der Waals surface area contributed by atoms with Crippen LogP contribution >= 0.6 is 69.6 Å². The fraction of sp³-hybridized carbons (Fsp3) is 0. The van der Waals surface area contributed by atoms with Crippen LogP contribution in [0.15, 0.2) is 93.5 Å². The number of aromatic carboxylic acids is 1. The van der Waals surface area contributed by atoms with E-state index in [1.807, 2.05) is 30.3 Å². The SMILES string of the molecule is Clc1cc(Cl)c([S+](c2ccccc2)c2c(Cl)cc(Cl)cc2Cl)c(Cl)c1.O=C(O)c1ccccc1[O-]. The lowest BCUT2D eigenvalue weighted by molar-refractivity contribution is -0.268. The number of carboxylic acids is 1. The van der Waals surface area contributed by atoms with Crippen LogP contribution in [0.2, 0.25) is 30.1 Å². The Kier molecular flexibility index (Phi) is 9.91. The molecule has 0 radical (unpaired) electrons. The highest BCUT2D eigenvalue weighted by Gasteiger charge is 2.38. The van der Waals surface area contributed by atoms with E-state index in [1.54, 1.807) is 24.3 Å². The van der Waals surface area contributed by atoms with Crippen molar-refractivity contribution in [3.8, 4) is 5.75 Å². The molecule has 0 aliphatic rings. The van der Waals surface area contributed by atoms with Gasteiger partial charge in [0.1, 0.15) is 10.9 Å². The zero-order valence-corrected chi connectivity index (χ0v) is 22.8. The molecule has 1 N–H and O–H groups in total. The van der Waals surface area contributed by atoms with E-state index in [-0.39, 0.29) is 5.56 Å². The second kappa shape index (κ2) is 12.5. The van der Waals surface area contributed by atoms with Crippen LogP contribution in [0, 0.1) is 0 Å². The predicted molar refractivity (Wildman–Crippen MR) is 144 cm³/mol. The minimum atomic E-state index is -1.18. The first-order valence-corrected chi connectivity index (χ1v) is 13.2. The average Bonchev–Trinajstić information content (AvgIpc) is 2.78. The summed E-state index contributed by atoms with van der Waals surface area (Å²) in [5.74, 6) is -1.62. The van der Waals surface area contributed by atoms with Gasteiger partial charge in [0, 0.05) is 10.0 Å². The van der Waals surface area contributed by atoms with Crippen LogP contribution in [0.25, 0.3) is 0 Å². The van der Waals surface area contributed by atoms with Crippen molar-refractivity contribution in [3.63, 3.8) is 0 Å². The molecule has 0 amide bonds. The fourth-order valence-corrected chi connectivity index (χ4v) is 7.67. The topological polar surface area (TPSA) is 60.4 Å². The molecule has 4 rings (SSSR count). The zero-order valence-electron chi connectivity index (χ0n) is 17.4. The van der Waals surface area contributed by atoms with E-state index < -0.39 is 22.6 Å². The van der Waals surface area contributed by atoms with Crippen LogP contribution in [0.4, 0.5) is 0 Å². The van der Waals surface area contributed by atoms with E-state index in [1.165, 1.54) is 24.3 Å². The number of carboxylic acid groups (broad SMARTS) is 1. The lowest BCUT2D eigenvalue weighted by Gasteiger charge is -2.13. The number of hydrogen-bond acceptors (Lipinski definition) is 2. The van der Waals surface area contributed by atoms with Crippen molar-refractivity contribution < 1.29 is 15.0 Å². The van der Waals surface area contributed by atoms with Crippen molar-refractivity contribution >= 4 is 86.5 Å². The fourth-order valence-electron chi connectivity index (χ4n) is 2.99. The summed E-state index contributed by atoms with van der Waals surface area (Å²) in [6.07, 6.45) is 0. The summed E-state index contributed by atoms with van der Waals surface area (Å²) in [7, 11) is -0.723. The highest BCUT2D eigenvalue weighted by atomic mass is 35.5. The van der Waals surface area contributed by atoms with Crippen LogP contribution < -0.4 is 5.11 Å². The van der Waals surface area contributed by atoms with Crippen molar-refractivity contribution in [2.75, 3.05) is 0 Å². The Morgan fingerprint density at radius 3 is 1.43 bits per heavy atom. The van der Waals surface area contributed by atoms with Crippen molar-refractivity contribution in [2.24, 2.45) is 0 Å². The second-order valence-electron chi connectivity index (χ2n) is 6.82. The Morgan fingerprint density at radius 1 is 0.657 bits per heavy atom. The molecule has 0 aromatic heterocycles. The van der Waals surface area contributed by atoms with Gasteiger partial charge in [0.05, 0.1) is 25.7 Å². The normalized spacial score (nSPS) is 10.6. The molecule has 0 fully saturated rings. The van der Waals surface area contributed by atoms with E-state index in [9.17, 15) is 9.90 Å². The zero-order chi connectivity index (χ0) is 25.7. The number of rotatable bonds is 4. The molecule has 35 heavy (non-hydrogen) atoms. The molecule has 0 bridgehead atoms. The summed E-state index contributed by atoms with van der Waals surface area (Å²) in [5, 5.41) is 21.8. The monoisotopic (exact) mass is 604 g/mol. The van der Waals surface area contributed by atoms with Gasteiger partial charge in [0.25, 0.3) is 0 Å². The number of carbonyl (C=O) groups is 1. The van der Waals surface area contributed by atoms with Gasteiger partial charge in [-0.25, -0.2) is 4.79 Å². The van der Waals surface area contributed by atoms with Gasteiger partial charge in [-0.15, -0.1) is 0 Å². The van der Waals surface area contributed by atoms with Crippen molar-refractivity contribution in [1.82, 2.24) is 0 Å². The Hall–Kier alpha value is -1.76. The van der Waals surface area contributed by atoms with E-state index in [0.717, 1.165) is 4.90 Å². The number of para-hydroxylation sites is 1. The molecule has 0 saturated heterocycles. The lowest BCUT2D eigenvalue weighted by Crippen LogP contribution is -2.08. The molecule has 0 spiro atoms. The molecule has 0 saturated carbocycles. The number of hydrogen-bond donors (Lipinski definition) is 1. The van der Waals surface area contributed by atoms with Gasteiger partial charge in [-0.2, -0.15) is 0 Å². The van der Waals surface area contributed by atoms with Crippen molar-refractivity contribution in [3.05, 3.63) is 115 Å². The van der Waals surface area contributed by atoms with E-state index in [2.05, 4.69) is 0 Å². The van der Waals surface area contributed by atoms with Crippen LogP contribution in [0.3, 0.4) is 0 Å². The van der Waals surface area contributed by atoms with Gasteiger partial charge in [-0.1, -0.05) is 112 Å². The number of benzene rings is 4. The Balaban J connectivity index is 0.000000287. The molecule has 0 aliphatic heterocycles. The summed E-state index contributed by atoms with van der Waals surface area (Å²) in [6.45, 7) is 0. The maximum absolute atomic E-state index is 10.7. The van der Waals surface area contributed by atoms with Crippen LogP contribution in [-0.2, 0) is 10.9 Å². The Morgan fingerprint density at radius 2 is 1.06 bits per heavy atom. The maximum atomic E-state index is 10.7. The van der Waals surface area contributed by atoms with Gasteiger partial charge in [-0.05, 0) is 42.5 Å². The molecule has 10 heteroatoms. The molecule has 0 unspecified atom stereocenters. The van der Waals surface area contributed by atoms with Gasteiger partial charge >= 0.3 is 5.97 Å². The molecule has 0 aliphatic carbocycles. The van der Waals surface area contributed by atoms with Gasteiger partial charge < -0.3 is 10.2 Å². The first-order chi connectivity index (χ1) is 16.6. The molecule has 4 aromatic rings.